The Kier molecular flexibility index (Phi) is 5.39. The van der Waals surface area contributed by atoms with Crippen molar-refractivity contribution in [3.8, 4) is 0 Å². The van der Waals surface area contributed by atoms with Gasteiger partial charge < -0.3 is 9.64 Å². The number of hydrogen-bond acceptors (Lipinski definition) is 3. The highest BCUT2D eigenvalue weighted by molar-refractivity contribution is 5.85. The van der Waals surface area contributed by atoms with Crippen LogP contribution in [-0.4, -0.2) is 35.0 Å². The van der Waals surface area contributed by atoms with Gasteiger partial charge in [0, 0.05) is 13.0 Å². The van der Waals surface area contributed by atoms with Crippen LogP contribution in [0, 0.1) is 5.92 Å². The third kappa shape index (κ3) is 4.84. The molecule has 0 aliphatic carbocycles. The third-order valence-electron chi connectivity index (χ3n) is 3.47. The first kappa shape index (κ1) is 16.0. The molecule has 1 rings (SSSR count). The molecular formula is C15H27NO3. The molecule has 4 nitrogen and oxygen atoms in total. The zero-order chi connectivity index (χ0) is 14.6. The first-order valence-corrected chi connectivity index (χ1v) is 7.27. The van der Waals surface area contributed by atoms with E-state index in [-0.39, 0.29) is 17.9 Å². The van der Waals surface area contributed by atoms with E-state index in [4.69, 9.17) is 4.74 Å². The van der Waals surface area contributed by atoms with Gasteiger partial charge in [0.1, 0.15) is 11.6 Å². The zero-order valence-corrected chi connectivity index (χ0v) is 12.9. The van der Waals surface area contributed by atoms with Crippen LogP contribution in [0.3, 0.4) is 0 Å². The topological polar surface area (TPSA) is 46.6 Å². The Morgan fingerprint density at radius 1 is 1.37 bits per heavy atom. The predicted molar refractivity (Wildman–Crippen MR) is 74.7 cm³/mol. The van der Waals surface area contributed by atoms with Crippen LogP contribution in [0.25, 0.3) is 0 Å². The lowest BCUT2D eigenvalue weighted by Gasteiger charge is -2.28. The zero-order valence-electron chi connectivity index (χ0n) is 12.9. The third-order valence-corrected chi connectivity index (χ3v) is 3.47. The summed E-state index contributed by atoms with van der Waals surface area (Å²) in [6, 6.07) is -0.379. The number of ether oxygens (including phenoxy) is 1. The summed E-state index contributed by atoms with van der Waals surface area (Å²) in [5, 5.41) is 0. The molecule has 1 fully saturated rings. The van der Waals surface area contributed by atoms with Crippen LogP contribution in [0.2, 0.25) is 0 Å². The molecular weight excluding hydrogens is 242 g/mol. The van der Waals surface area contributed by atoms with Gasteiger partial charge in [-0.25, -0.2) is 4.79 Å². The van der Waals surface area contributed by atoms with Gasteiger partial charge in [-0.15, -0.1) is 0 Å². The average Bonchev–Trinajstić information content (AvgIpc) is 2.75. The van der Waals surface area contributed by atoms with Crippen LogP contribution < -0.4 is 0 Å². The van der Waals surface area contributed by atoms with Gasteiger partial charge >= 0.3 is 5.97 Å². The molecule has 110 valence electrons. The Morgan fingerprint density at radius 2 is 2.00 bits per heavy atom. The van der Waals surface area contributed by atoms with Crippen LogP contribution in [-0.2, 0) is 14.3 Å². The average molecular weight is 269 g/mol. The predicted octanol–water partition coefficient (Wildman–Crippen LogP) is 2.76. The Hall–Kier alpha value is -1.06. The number of esters is 1. The van der Waals surface area contributed by atoms with E-state index in [0.717, 1.165) is 19.3 Å². The molecule has 0 aromatic rings. The van der Waals surface area contributed by atoms with Gasteiger partial charge in [-0.1, -0.05) is 20.3 Å². The van der Waals surface area contributed by atoms with E-state index in [9.17, 15) is 9.59 Å². The van der Waals surface area contributed by atoms with Crippen LogP contribution >= 0.6 is 0 Å². The lowest BCUT2D eigenvalue weighted by molar-refractivity contribution is -0.163. The number of rotatable bonds is 4. The number of carbonyl (C=O) groups excluding carboxylic acids is 2. The number of carbonyl (C=O) groups is 2. The molecule has 0 aromatic carbocycles. The second-order valence-corrected chi connectivity index (χ2v) is 6.50. The number of nitrogens with zero attached hydrogens (tertiary/aromatic N) is 1. The van der Waals surface area contributed by atoms with Crippen molar-refractivity contribution in [2.24, 2.45) is 5.92 Å². The van der Waals surface area contributed by atoms with E-state index in [1.807, 2.05) is 20.8 Å². The summed E-state index contributed by atoms with van der Waals surface area (Å²) in [6.07, 6.45) is 3.11. The number of amides is 1. The highest BCUT2D eigenvalue weighted by Gasteiger charge is 2.36. The maximum absolute atomic E-state index is 12.2. The summed E-state index contributed by atoms with van der Waals surface area (Å²) in [5.74, 6) is 0.192. The summed E-state index contributed by atoms with van der Waals surface area (Å²) < 4.78 is 5.40. The lowest BCUT2D eigenvalue weighted by Crippen LogP contribution is -2.43. The highest BCUT2D eigenvalue weighted by Crippen LogP contribution is 2.23. The van der Waals surface area contributed by atoms with Gasteiger partial charge in [0.2, 0.25) is 5.91 Å². The van der Waals surface area contributed by atoms with Gasteiger partial charge in [-0.05, 0) is 39.5 Å². The molecule has 0 saturated carbocycles. The quantitative estimate of drug-likeness (QED) is 0.737. The van der Waals surface area contributed by atoms with Crippen molar-refractivity contribution in [2.75, 3.05) is 6.54 Å². The first-order chi connectivity index (χ1) is 8.74. The molecule has 4 heteroatoms. The van der Waals surface area contributed by atoms with Crippen LogP contribution in [0.15, 0.2) is 0 Å². The SMILES string of the molecule is CCC(C)CC(=O)N1CCC[C@@H]1C(=O)OC(C)(C)C. The molecule has 1 heterocycles. The van der Waals surface area contributed by atoms with E-state index < -0.39 is 5.60 Å². The molecule has 0 N–H and O–H groups in total. The molecule has 19 heavy (non-hydrogen) atoms. The molecule has 1 unspecified atom stereocenters. The van der Waals surface area contributed by atoms with Crippen molar-refractivity contribution in [1.82, 2.24) is 4.90 Å². The van der Waals surface area contributed by atoms with E-state index >= 15 is 0 Å². The van der Waals surface area contributed by atoms with Gasteiger partial charge in [0.25, 0.3) is 0 Å². The fraction of sp³-hybridized carbons (Fsp3) is 0.867. The van der Waals surface area contributed by atoms with Crippen LogP contribution in [0.5, 0.6) is 0 Å². The smallest absolute Gasteiger partial charge is 0.329 e. The molecule has 0 spiro atoms. The van der Waals surface area contributed by atoms with Crippen molar-refractivity contribution in [3.63, 3.8) is 0 Å². The molecule has 1 aliphatic heterocycles. The minimum atomic E-state index is -0.495. The fourth-order valence-corrected chi connectivity index (χ4v) is 2.24. The molecule has 1 amide bonds. The van der Waals surface area contributed by atoms with E-state index in [0.29, 0.717) is 18.9 Å². The summed E-state index contributed by atoms with van der Waals surface area (Å²) in [6.45, 7) is 10.4. The molecule has 1 aliphatic rings. The van der Waals surface area contributed by atoms with Gasteiger partial charge in [0.15, 0.2) is 0 Å². The van der Waals surface area contributed by atoms with Crippen molar-refractivity contribution in [2.45, 2.75) is 71.9 Å². The van der Waals surface area contributed by atoms with Crippen molar-refractivity contribution in [3.05, 3.63) is 0 Å². The molecule has 0 bridgehead atoms. The molecule has 0 aromatic heterocycles. The summed E-state index contributed by atoms with van der Waals surface area (Å²) in [5.41, 5.74) is -0.495. The van der Waals surface area contributed by atoms with Gasteiger partial charge in [-0.2, -0.15) is 0 Å². The Morgan fingerprint density at radius 3 is 2.53 bits per heavy atom. The Balaban J connectivity index is 2.63. The molecule has 1 saturated heterocycles. The van der Waals surface area contributed by atoms with E-state index in [2.05, 4.69) is 13.8 Å². The number of hydrogen-bond donors (Lipinski definition) is 0. The van der Waals surface area contributed by atoms with Gasteiger partial charge in [-0.3, -0.25) is 4.79 Å². The van der Waals surface area contributed by atoms with E-state index in [1.54, 1.807) is 4.90 Å². The monoisotopic (exact) mass is 269 g/mol. The maximum Gasteiger partial charge on any atom is 0.329 e. The second kappa shape index (κ2) is 6.40. The highest BCUT2D eigenvalue weighted by atomic mass is 16.6. The summed E-state index contributed by atoms with van der Waals surface area (Å²) in [4.78, 5) is 26.0. The number of likely N-dealkylation sites (tertiary alicyclic amines) is 1. The van der Waals surface area contributed by atoms with Crippen LogP contribution in [0.4, 0.5) is 0 Å². The molecule has 0 radical (unpaired) electrons. The minimum absolute atomic E-state index is 0.0858. The summed E-state index contributed by atoms with van der Waals surface area (Å²) >= 11 is 0. The Labute approximate surface area is 116 Å². The summed E-state index contributed by atoms with van der Waals surface area (Å²) in [7, 11) is 0. The molecule has 2 atom stereocenters. The normalized spacial score (nSPS) is 21.3. The van der Waals surface area contributed by atoms with Crippen molar-refractivity contribution < 1.29 is 14.3 Å². The van der Waals surface area contributed by atoms with E-state index in [1.165, 1.54) is 0 Å². The largest absolute Gasteiger partial charge is 0.458 e. The van der Waals surface area contributed by atoms with Crippen LogP contribution in [0.1, 0.15) is 60.3 Å². The fourth-order valence-electron chi connectivity index (χ4n) is 2.24. The maximum atomic E-state index is 12.2. The van der Waals surface area contributed by atoms with Crippen molar-refractivity contribution >= 4 is 11.9 Å². The second-order valence-electron chi connectivity index (χ2n) is 6.50. The Bertz CT molecular complexity index is 333. The standard InChI is InChI=1S/C15H27NO3/c1-6-11(2)10-13(17)16-9-7-8-12(16)14(18)19-15(3,4)5/h11-12H,6-10H2,1-5H3/t11?,12-/m1/s1. The van der Waals surface area contributed by atoms with Crippen molar-refractivity contribution in [1.29, 1.82) is 0 Å². The first-order valence-electron chi connectivity index (χ1n) is 7.27. The lowest BCUT2D eigenvalue weighted by atomic mass is 10.0. The minimum Gasteiger partial charge on any atom is -0.458 e. The van der Waals surface area contributed by atoms with Gasteiger partial charge in [0.05, 0.1) is 0 Å².